The Morgan fingerprint density at radius 3 is 2.71 bits per heavy atom. The van der Waals surface area contributed by atoms with Gasteiger partial charge in [-0.1, -0.05) is 12.1 Å². The molecule has 0 bridgehead atoms. The number of rotatable bonds is 2. The van der Waals surface area contributed by atoms with Gasteiger partial charge in [0.2, 0.25) is 5.89 Å². The van der Waals surface area contributed by atoms with Crippen LogP contribution in [0.2, 0.25) is 0 Å². The van der Waals surface area contributed by atoms with Crippen LogP contribution in [0.1, 0.15) is 31.5 Å². The van der Waals surface area contributed by atoms with Crippen molar-refractivity contribution in [3.8, 4) is 0 Å². The zero-order chi connectivity index (χ0) is 9.97. The highest BCUT2D eigenvalue weighted by molar-refractivity contribution is 4.83. The zero-order valence-electron chi connectivity index (χ0n) is 8.86. The summed E-state index contributed by atoms with van der Waals surface area (Å²) in [6.07, 6.45) is 2.57. The molecule has 4 nitrogen and oxygen atoms in total. The molecule has 0 atom stereocenters. The van der Waals surface area contributed by atoms with Gasteiger partial charge in [-0.15, -0.1) is 0 Å². The molecule has 0 amide bonds. The molecule has 0 aromatic carbocycles. The van der Waals surface area contributed by atoms with Gasteiger partial charge in [0, 0.05) is 0 Å². The quantitative estimate of drug-likeness (QED) is 0.719. The highest BCUT2D eigenvalue weighted by Gasteiger charge is 2.17. The van der Waals surface area contributed by atoms with Crippen molar-refractivity contribution in [2.24, 2.45) is 5.92 Å². The molecule has 0 aliphatic carbocycles. The van der Waals surface area contributed by atoms with Gasteiger partial charge in [0.1, 0.15) is 0 Å². The Morgan fingerprint density at radius 1 is 1.43 bits per heavy atom. The fraction of sp³-hybridized carbons (Fsp3) is 0.800. The van der Waals surface area contributed by atoms with Crippen molar-refractivity contribution in [1.29, 1.82) is 0 Å². The molecule has 4 heteroatoms. The van der Waals surface area contributed by atoms with Gasteiger partial charge in [0.05, 0.1) is 6.54 Å². The third-order valence-electron chi connectivity index (χ3n) is 2.80. The first-order valence-corrected chi connectivity index (χ1v) is 5.25. The van der Waals surface area contributed by atoms with Crippen LogP contribution in [-0.2, 0) is 6.54 Å². The maximum absolute atomic E-state index is 5.09. The Labute approximate surface area is 84.3 Å². The molecule has 2 heterocycles. The first-order valence-electron chi connectivity index (χ1n) is 5.25. The van der Waals surface area contributed by atoms with Crippen molar-refractivity contribution >= 4 is 0 Å². The van der Waals surface area contributed by atoms with Crippen molar-refractivity contribution in [2.45, 2.75) is 33.2 Å². The van der Waals surface area contributed by atoms with Crippen molar-refractivity contribution in [3.05, 3.63) is 11.7 Å². The van der Waals surface area contributed by atoms with E-state index in [1.807, 2.05) is 6.92 Å². The van der Waals surface area contributed by atoms with Crippen molar-refractivity contribution in [1.82, 2.24) is 15.0 Å². The lowest BCUT2D eigenvalue weighted by Crippen LogP contribution is -2.32. The first kappa shape index (κ1) is 9.65. The van der Waals surface area contributed by atoms with E-state index in [1.165, 1.54) is 12.8 Å². The van der Waals surface area contributed by atoms with E-state index in [-0.39, 0.29) is 0 Å². The molecule has 1 fully saturated rings. The molecular formula is C10H17N3O. The van der Waals surface area contributed by atoms with Gasteiger partial charge in [0.25, 0.3) is 0 Å². The van der Waals surface area contributed by atoms with E-state index >= 15 is 0 Å². The predicted molar refractivity (Wildman–Crippen MR) is 52.7 cm³/mol. The normalized spacial score (nSPS) is 20.1. The second kappa shape index (κ2) is 4.09. The lowest BCUT2D eigenvalue weighted by molar-refractivity contribution is 0.165. The number of piperidine rings is 1. The lowest BCUT2D eigenvalue weighted by atomic mass is 9.99. The van der Waals surface area contributed by atoms with E-state index in [2.05, 4.69) is 22.0 Å². The second-order valence-corrected chi connectivity index (χ2v) is 4.19. The van der Waals surface area contributed by atoms with Crippen molar-refractivity contribution < 1.29 is 4.52 Å². The van der Waals surface area contributed by atoms with E-state index in [9.17, 15) is 0 Å². The van der Waals surface area contributed by atoms with Gasteiger partial charge >= 0.3 is 0 Å². The largest absolute Gasteiger partial charge is 0.338 e. The summed E-state index contributed by atoms with van der Waals surface area (Å²) >= 11 is 0. The Bertz CT molecular complexity index is 289. The summed E-state index contributed by atoms with van der Waals surface area (Å²) in [6, 6.07) is 0. The fourth-order valence-electron chi connectivity index (χ4n) is 1.82. The van der Waals surface area contributed by atoms with Gasteiger partial charge in [0.15, 0.2) is 5.82 Å². The van der Waals surface area contributed by atoms with Gasteiger partial charge in [-0.2, -0.15) is 4.98 Å². The van der Waals surface area contributed by atoms with Crippen LogP contribution in [0.15, 0.2) is 4.52 Å². The molecule has 14 heavy (non-hydrogen) atoms. The summed E-state index contributed by atoms with van der Waals surface area (Å²) in [4.78, 5) is 6.59. The number of hydrogen-bond acceptors (Lipinski definition) is 4. The molecule has 0 spiro atoms. The summed E-state index contributed by atoms with van der Waals surface area (Å²) in [6.45, 7) is 7.29. The molecule has 2 rings (SSSR count). The number of nitrogens with zero attached hydrogens (tertiary/aromatic N) is 3. The van der Waals surface area contributed by atoms with E-state index in [4.69, 9.17) is 4.52 Å². The van der Waals surface area contributed by atoms with Gasteiger partial charge in [-0.05, 0) is 38.8 Å². The Morgan fingerprint density at radius 2 is 2.14 bits per heavy atom. The van der Waals surface area contributed by atoms with Crippen molar-refractivity contribution in [3.63, 3.8) is 0 Å². The fourth-order valence-corrected chi connectivity index (χ4v) is 1.82. The molecule has 0 unspecified atom stereocenters. The van der Waals surface area contributed by atoms with Gasteiger partial charge < -0.3 is 4.52 Å². The molecule has 0 N–H and O–H groups in total. The van der Waals surface area contributed by atoms with Crippen LogP contribution in [0, 0.1) is 12.8 Å². The summed E-state index contributed by atoms with van der Waals surface area (Å²) in [5.41, 5.74) is 0. The van der Waals surface area contributed by atoms with Crippen LogP contribution >= 0.6 is 0 Å². The SMILES string of the molecule is Cc1noc(CN2CCC(C)CC2)n1. The van der Waals surface area contributed by atoms with Crippen molar-refractivity contribution in [2.75, 3.05) is 13.1 Å². The Balaban J connectivity index is 1.86. The maximum Gasteiger partial charge on any atom is 0.240 e. The van der Waals surface area contributed by atoms with Crippen LogP contribution in [0.4, 0.5) is 0 Å². The minimum absolute atomic E-state index is 0.727. The summed E-state index contributed by atoms with van der Waals surface area (Å²) in [5.74, 6) is 2.35. The number of aromatic nitrogens is 2. The minimum Gasteiger partial charge on any atom is -0.338 e. The zero-order valence-corrected chi connectivity index (χ0v) is 8.86. The monoisotopic (exact) mass is 195 g/mol. The molecule has 0 radical (unpaired) electrons. The summed E-state index contributed by atoms with van der Waals surface area (Å²) < 4.78 is 5.09. The van der Waals surface area contributed by atoms with Crippen LogP contribution < -0.4 is 0 Å². The first-order chi connectivity index (χ1) is 6.74. The molecule has 1 aromatic heterocycles. The molecule has 1 aliphatic rings. The smallest absolute Gasteiger partial charge is 0.240 e. The second-order valence-electron chi connectivity index (χ2n) is 4.19. The molecule has 1 saturated heterocycles. The Kier molecular flexibility index (Phi) is 2.82. The molecule has 1 aromatic rings. The van der Waals surface area contributed by atoms with Gasteiger partial charge in [-0.25, -0.2) is 0 Å². The van der Waals surface area contributed by atoms with Crippen LogP contribution in [-0.4, -0.2) is 28.1 Å². The van der Waals surface area contributed by atoms with Crippen LogP contribution in [0.3, 0.4) is 0 Å². The average Bonchev–Trinajstić information content (AvgIpc) is 2.56. The van der Waals surface area contributed by atoms with Crippen LogP contribution in [0.5, 0.6) is 0 Å². The van der Waals surface area contributed by atoms with E-state index < -0.39 is 0 Å². The number of hydrogen-bond donors (Lipinski definition) is 0. The third-order valence-corrected chi connectivity index (χ3v) is 2.80. The standard InChI is InChI=1S/C10H17N3O/c1-8-3-5-13(6-4-8)7-10-11-9(2)12-14-10/h8H,3-7H2,1-2H3. The van der Waals surface area contributed by atoms with E-state index in [0.717, 1.165) is 37.3 Å². The number of aryl methyl sites for hydroxylation is 1. The molecule has 78 valence electrons. The summed E-state index contributed by atoms with van der Waals surface area (Å²) in [7, 11) is 0. The molecule has 1 aliphatic heterocycles. The highest BCUT2D eigenvalue weighted by atomic mass is 16.5. The summed E-state index contributed by atoms with van der Waals surface area (Å²) in [5, 5.41) is 3.78. The average molecular weight is 195 g/mol. The van der Waals surface area contributed by atoms with E-state index in [1.54, 1.807) is 0 Å². The Hall–Kier alpha value is -0.900. The van der Waals surface area contributed by atoms with Gasteiger partial charge in [-0.3, -0.25) is 4.90 Å². The van der Waals surface area contributed by atoms with Crippen LogP contribution in [0.25, 0.3) is 0 Å². The number of likely N-dealkylation sites (tertiary alicyclic amines) is 1. The van der Waals surface area contributed by atoms with E-state index in [0.29, 0.717) is 0 Å². The minimum atomic E-state index is 0.727. The highest BCUT2D eigenvalue weighted by Crippen LogP contribution is 2.17. The maximum atomic E-state index is 5.09. The third kappa shape index (κ3) is 2.32. The molecular weight excluding hydrogens is 178 g/mol. The topological polar surface area (TPSA) is 42.2 Å². The lowest BCUT2D eigenvalue weighted by Gasteiger charge is -2.28. The molecule has 0 saturated carbocycles. The predicted octanol–water partition coefficient (Wildman–Crippen LogP) is 1.61.